The molecule has 0 fully saturated rings. The van der Waals surface area contributed by atoms with Crippen LogP contribution in [0.3, 0.4) is 0 Å². The molecule has 0 radical (unpaired) electrons. The molecule has 0 spiro atoms. The van der Waals surface area contributed by atoms with Crippen molar-refractivity contribution in [1.29, 1.82) is 0 Å². The highest BCUT2D eigenvalue weighted by Crippen LogP contribution is 2.30. The van der Waals surface area contributed by atoms with Gasteiger partial charge in [-0.2, -0.15) is 0 Å². The van der Waals surface area contributed by atoms with Gasteiger partial charge in [0.1, 0.15) is 6.61 Å². The molecule has 2 aromatic rings. The number of benzene rings is 2. The van der Waals surface area contributed by atoms with Gasteiger partial charge in [-0.3, -0.25) is 4.79 Å². The summed E-state index contributed by atoms with van der Waals surface area (Å²) in [6, 6.07) is 17.6. The molecule has 0 unspecified atom stereocenters. The third-order valence-corrected chi connectivity index (χ3v) is 3.97. The molecule has 5 heteroatoms. The summed E-state index contributed by atoms with van der Waals surface area (Å²) in [6.07, 6.45) is 0.271. The van der Waals surface area contributed by atoms with Crippen molar-refractivity contribution in [1.82, 2.24) is 5.32 Å². The third kappa shape index (κ3) is 3.98. The van der Waals surface area contributed by atoms with Gasteiger partial charge in [0, 0.05) is 25.8 Å². The van der Waals surface area contributed by atoms with Gasteiger partial charge in [-0.05, 0) is 30.7 Å². The zero-order valence-corrected chi connectivity index (χ0v) is 13.8. The van der Waals surface area contributed by atoms with Crippen LogP contribution < -0.4 is 19.7 Å². The summed E-state index contributed by atoms with van der Waals surface area (Å²) in [4.78, 5) is 14.4. The highest BCUT2D eigenvalue weighted by Gasteiger charge is 2.26. The zero-order chi connectivity index (χ0) is 16.8. The van der Waals surface area contributed by atoms with Crippen LogP contribution in [0.2, 0.25) is 0 Å². The molecule has 1 heterocycles. The van der Waals surface area contributed by atoms with Crippen LogP contribution in [0.4, 0.5) is 5.69 Å². The Kier molecular flexibility index (Phi) is 5.21. The minimum atomic E-state index is -0.591. The van der Waals surface area contributed by atoms with E-state index in [-0.39, 0.29) is 12.5 Å². The Hall–Kier alpha value is -2.69. The Morgan fingerprint density at radius 3 is 2.62 bits per heavy atom. The number of carbonyl (C=O) groups excluding carboxylic acids is 1. The molecular formula is C19H22N2O3. The fourth-order valence-electron chi connectivity index (χ4n) is 2.60. The molecule has 0 saturated heterocycles. The highest BCUT2D eigenvalue weighted by atomic mass is 16.6. The van der Waals surface area contributed by atoms with Crippen LogP contribution in [-0.4, -0.2) is 38.8 Å². The second-order valence-corrected chi connectivity index (χ2v) is 5.77. The van der Waals surface area contributed by atoms with Crippen molar-refractivity contribution in [2.75, 3.05) is 31.6 Å². The van der Waals surface area contributed by atoms with Gasteiger partial charge in [0.05, 0.1) is 0 Å². The van der Waals surface area contributed by atoms with Crippen molar-refractivity contribution in [3.8, 4) is 11.5 Å². The van der Waals surface area contributed by atoms with Crippen molar-refractivity contribution in [3.05, 3.63) is 54.6 Å². The Labute approximate surface area is 142 Å². The van der Waals surface area contributed by atoms with Crippen LogP contribution in [0, 0.1) is 0 Å². The second-order valence-electron chi connectivity index (χ2n) is 5.77. The maximum atomic E-state index is 12.2. The second kappa shape index (κ2) is 7.73. The van der Waals surface area contributed by atoms with Crippen molar-refractivity contribution in [2.24, 2.45) is 0 Å². The summed E-state index contributed by atoms with van der Waals surface area (Å²) >= 11 is 0. The molecule has 0 aromatic heterocycles. The van der Waals surface area contributed by atoms with Gasteiger partial charge in [0.2, 0.25) is 6.10 Å². The third-order valence-electron chi connectivity index (χ3n) is 3.97. The van der Waals surface area contributed by atoms with Crippen molar-refractivity contribution < 1.29 is 14.3 Å². The number of hydrogen-bond donors (Lipinski definition) is 1. The topological polar surface area (TPSA) is 50.8 Å². The van der Waals surface area contributed by atoms with E-state index in [1.165, 1.54) is 5.69 Å². The first-order valence-corrected chi connectivity index (χ1v) is 8.16. The van der Waals surface area contributed by atoms with Gasteiger partial charge in [0.15, 0.2) is 11.5 Å². The molecule has 0 bridgehead atoms. The molecule has 0 aliphatic carbocycles. The average Bonchev–Trinajstić information content (AvgIpc) is 2.65. The van der Waals surface area contributed by atoms with E-state index in [1.54, 1.807) is 0 Å². The van der Waals surface area contributed by atoms with Crippen LogP contribution in [0.25, 0.3) is 0 Å². The molecular weight excluding hydrogens is 304 g/mol. The van der Waals surface area contributed by atoms with E-state index in [0.29, 0.717) is 18.0 Å². The number of para-hydroxylation sites is 3. The lowest BCUT2D eigenvalue weighted by Crippen LogP contribution is -2.44. The molecule has 1 N–H and O–H groups in total. The monoisotopic (exact) mass is 326 g/mol. The van der Waals surface area contributed by atoms with E-state index in [4.69, 9.17) is 9.47 Å². The van der Waals surface area contributed by atoms with Crippen molar-refractivity contribution in [2.45, 2.75) is 12.5 Å². The van der Waals surface area contributed by atoms with Crippen LogP contribution in [0.15, 0.2) is 54.6 Å². The standard InChI is InChI=1S/C19H22N2O3/c1-21(15-8-3-2-4-9-15)13-7-12-20-19(22)18-14-23-16-10-5-6-11-17(16)24-18/h2-6,8-11,18H,7,12-14H2,1H3,(H,20,22)/t18-/m1/s1. The molecule has 1 amide bonds. The maximum Gasteiger partial charge on any atom is 0.264 e. The molecule has 1 atom stereocenters. The van der Waals surface area contributed by atoms with E-state index >= 15 is 0 Å². The summed E-state index contributed by atoms with van der Waals surface area (Å²) in [5, 5.41) is 2.92. The number of amides is 1. The van der Waals surface area contributed by atoms with E-state index in [1.807, 2.05) is 49.5 Å². The Balaban J connectivity index is 1.40. The Bertz CT molecular complexity index is 675. The summed E-state index contributed by atoms with van der Waals surface area (Å²) in [5.41, 5.74) is 1.17. The van der Waals surface area contributed by atoms with E-state index in [2.05, 4.69) is 22.3 Å². The highest BCUT2D eigenvalue weighted by molar-refractivity contribution is 5.81. The van der Waals surface area contributed by atoms with Gasteiger partial charge in [0.25, 0.3) is 5.91 Å². The first kappa shape index (κ1) is 16.2. The smallest absolute Gasteiger partial charge is 0.264 e. The van der Waals surface area contributed by atoms with Crippen molar-refractivity contribution in [3.63, 3.8) is 0 Å². The Morgan fingerprint density at radius 1 is 1.12 bits per heavy atom. The number of anilines is 1. The van der Waals surface area contributed by atoms with E-state index in [9.17, 15) is 4.79 Å². The fourth-order valence-corrected chi connectivity index (χ4v) is 2.60. The number of rotatable bonds is 6. The van der Waals surface area contributed by atoms with Gasteiger partial charge in [-0.1, -0.05) is 30.3 Å². The first-order chi connectivity index (χ1) is 11.7. The zero-order valence-electron chi connectivity index (χ0n) is 13.8. The van der Waals surface area contributed by atoms with Gasteiger partial charge >= 0.3 is 0 Å². The molecule has 2 aromatic carbocycles. The van der Waals surface area contributed by atoms with E-state index < -0.39 is 6.10 Å². The summed E-state index contributed by atoms with van der Waals surface area (Å²) < 4.78 is 11.3. The molecule has 3 rings (SSSR count). The summed E-state index contributed by atoms with van der Waals surface area (Å²) in [5.74, 6) is 1.17. The average molecular weight is 326 g/mol. The minimum absolute atomic E-state index is 0.133. The van der Waals surface area contributed by atoms with Crippen LogP contribution in [0.5, 0.6) is 11.5 Å². The largest absolute Gasteiger partial charge is 0.485 e. The normalized spacial score (nSPS) is 15.6. The molecule has 0 saturated carbocycles. The predicted molar refractivity (Wildman–Crippen MR) is 93.7 cm³/mol. The first-order valence-electron chi connectivity index (χ1n) is 8.16. The number of ether oxygens (including phenoxy) is 2. The molecule has 5 nitrogen and oxygen atoms in total. The lowest BCUT2D eigenvalue weighted by Gasteiger charge is -2.25. The van der Waals surface area contributed by atoms with Crippen molar-refractivity contribution >= 4 is 11.6 Å². The summed E-state index contributed by atoms with van der Waals surface area (Å²) in [7, 11) is 2.05. The lowest BCUT2D eigenvalue weighted by molar-refractivity contribution is -0.130. The molecule has 1 aliphatic rings. The van der Waals surface area contributed by atoms with Gasteiger partial charge in [-0.25, -0.2) is 0 Å². The molecule has 1 aliphatic heterocycles. The fraction of sp³-hybridized carbons (Fsp3) is 0.316. The quantitative estimate of drug-likeness (QED) is 0.829. The Morgan fingerprint density at radius 2 is 1.83 bits per heavy atom. The number of nitrogens with zero attached hydrogens (tertiary/aromatic N) is 1. The lowest BCUT2D eigenvalue weighted by atomic mass is 10.2. The number of carbonyl (C=O) groups is 1. The maximum absolute atomic E-state index is 12.2. The SMILES string of the molecule is CN(CCCNC(=O)[C@H]1COc2ccccc2O1)c1ccccc1. The minimum Gasteiger partial charge on any atom is -0.485 e. The number of fused-ring (bicyclic) bond motifs is 1. The number of hydrogen-bond acceptors (Lipinski definition) is 4. The van der Waals surface area contributed by atoms with Crippen LogP contribution in [-0.2, 0) is 4.79 Å². The van der Waals surface area contributed by atoms with E-state index in [0.717, 1.165) is 13.0 Å². The number of nitrogens with one attached hydrogen (secondary N) is 1. The van der Waals surface area contributed by atoms with Gasteiger partial charge < -0.3 is 19.7 Å². The van der Waals surface area contributed by atoms with Crippen LogP contribution in [0.1, 0.15) is 6.42 Å². The van der Waals surface area contributed by atoms with Gasteiger partial charge in [-0.15, -0.1) is 0 Å². The summed E-state index contributed by atoms with van der Waals surface area (Å²) in [6.45, 7) is 1.72. The molecule has 24 heavy (non-hydrogen) atoms. The molecule has 126 valence electrons. The predicted octanol–water partition coefficient (Wildman–Crippen LogP) is 2.47. The van der Waals surface area contributed by atoms with Crippen LogP contribution >= 0.6 is 0 Å².